The summed E-state index contributed by atoms with van der Waals surface area (Å²) in [4.78, 5) is 7.22. The van der Waals surface area contributed by atoms with Crippen molar-refractivity contribution in [3.63, 3.8) is 0 Å². The van der Waals surface area contributed by atoms with Crippen LogP contribution in [0, 0.1) is 5.92 Å². The van der Waals surface area contributed by atoms with Crippen molar-refractivity contribution in [3.05, 3.63) is 23.4 Å². The molecule has 2 rings (SSSR count). The lowest BCUT2D eigenvalue weighted by Gasteiger charge is -2.23. The second-order valence-corrected chi connectivity index (χ2v) is 6.71. The summed E-state index contributed by atoms with van der Waals surface area (Å²) in [6.45, 7) is 11.1. The lowest BCUT2D eigenvalue weighted by Crippen LogP contribution is -2.23. The molecule has 0 bridgehead atoms. The van der Waals surface area contributed by atoms with Crippen molar-refractivity contribution >= 4 is 17.4 Å². The first-order valence-corrected chi connectivity index (χ1v) is 7.26. The van der Waals surface area contributed by atoms with Crippen molar-refractivity contribution in [2.24, 2.45) is 5.92 Å². The number of hydrogen-bond donors (Lipinski definition) is 0. The molecule has 100 valence electrons. The van der Waals surface area contributed by atoms with Crippen LogP contribution in [0.3, 0.4) is 0 Å². The van der Waals surface area contributed by atoms with E-state index in [9.17, 15) is 0 Å². The zero-order valence-corrected chi connectivity index (χ0v) is 12.6. The molecule has 1 unspecified atom stereocenters. The Balaban J connectivity index is 2.35. The minimum atomic E-state index is 0.0716. The van der Waals surface area contributed by atoms with E-state index in [1.54, 1.807) is 0 Å². The average molecular weight is 267 g/mol. The minimum absolute atomic E-state index is 0.0716. The van der Waals surface area contributed by atoms with Crippen LogP contribution in [0.5, 0.6) is 0 Å². The summed E-state index contributed by atoms with van der Waals surface area (Å²) in [6, 6.07) is 4.27. The number of anilines is 1. The molecule has 1 fully saturated rings. The Labute approximate surface area is 115 Å². The van der Waals surface area contributed by atoms with Gasteiger partial charge >= 0.3 is 0 Å². The number of alkyl halides is 1. The van der Waals surface area contributed by atoms with Gasteiger partial charge in [-0.25, -0.2) is 4.98 Å². The third-order valence-electron chi connectivity index (χ3n) is 3.54. The van der Waals surface area contributed by atoms with E-state index in [1.807, 2.05) is 0 Å². The van der Waals surface area contributed by atoms with E-state index < -0.39 is 0 Å². The number of nitrogens with zero attached hydrogens (tertiary/aromatic N) is 2. The third kappa shape index (κ3) is 2.97. The molecule has 1 saturated heterocycles. The highest BCUT2D eigenvalue weighted by molar-refractivity contribution is 6.17. The van der Waals surface area contributed by atoms with Gasteiger partial charge in [-0.15, -0.1) is 11.6 Å². The predicted octanol–water partition coefficient (Wildman–Crippen LogP) is 3.96. The summed E-state index contributed by atoms with van der Waals surface area (Å²) in [6.07, 6.45) is 1.26. The Morgan fingerprint density at radius 2 is 2.11 bits per heavy atom. The van der Waals surface area contributed by atoms with Gasteiger partial charge in [0.2, 0.25) is 0 Å². The molecule has 2 nitrogen and oxygen atoms in total. The van der Waals surface area contributed by atoms with Gasteiger partial charge in [0.25, 0.3) is 0 Å². The summed E-state index contributed by atoms with van der Waals surface area (Å²) in [5.74, 6) is 2.43. The van der Waals surface area contributed by atoms with E-state index in [0.29, 0.717) is 5.88 Å². The number of rotatable bonds is 2. The van der Waals surface area contributed by atoms with E-state index in [0.717, 1.165) is 30.5 Å². The first kappa shape index (κ1) is 13.7. The van der Waals surface area contributed by atoms with Crippen molar-refractivity contribution in [3.8, 4) is 0 Å². The van der Waals surface area contributed by atoms with Crippen molar-refractivity contribution in [1.82, 2.24) is 4.98 Å². The quantitative estimate of drug-likeness (QED) is 0.753. The van der Waals surface area contributed by atoms with Crippen molar-refractivity contribution in [2.45, 2.75) is 45.4 Å². The van der Waals surface area contributed by atoms with Gasteiger partial charge in [-0.05, 0) is 30.0 Å². The second-order valence-electron chi connectivity index (χ2n) is 6.44. The van der Waals surface area contributed by atoms with E-state index in [4.69, 9.17) is 16.6 Å². The molecular formula is C15H23ClN2. The van der Waals surface area contributed by atoms with Gasteiger partial charge in [-0.1, -0.05) is 27.7 Å². The summed E-state index contributed by atoms with van der Waals surface area (Å²) < 4.78 is 0. The van der Waals surface area contributed by atoms with Crippen LogP contribution in [0.15, 0.2) is 12.1 Å². The molecule has 3 heteroatoms. The Kier molecular flexibility index (Phi) is 3.86. The van der Waals surface area contributed by atoms with Crippen LogP contribution in [0.25, 0.3) is 0 Å². The van der Waals surface area contributed by atoms with Crippen LogP contribution >= 0.6 is 11.6 Å². The van der Waals surface area contributed by atoms with Gasteiger partial charge in [-0.2, -0.15) is 0 Å². The Morgan fingerprint density at radius 1 is 1.39 bits per heavy atom. The van der Waals surface area contributed by atoms with Crippen LogP contribution in [0.1, 0.15) is 45.4 Å². The van der Waals surface area contributed by atoms with E-state index in [-0.39, 0.29) is 5.41 Å². The van der Waals surface area contributed by atoms with Crippen LogP contribution in [-0.2, 0) is 11.3 Å². The van der Waals surface area contributed by atoms with Crippen LogP contribution in [0.2, 0.25) is 0 Å². The van der Waals surface area contributed by atoms with Gasteiger partial charge < -0.3 is 4.90 Å². The minimum Gasteiger partial charge on any atom is -0.356 e. The molecule has 1 atom stereocenters. The standard InChI is InChI=1S/C15H23ClN2/c1-11-5-6-18(10-11)14-8-12(9-16)7-13(17-14)15(2,3)4/h7-8,11H,5-6,9-10H2,1-4H3. The number of halogens is 1. The Hall–Kier alpha value is -0.760. The number of pyridine rings is 1. The van der Waals surface area contributed by atoms with E-state index in [1.165, 1.54) is 12.0 Å². The molecule has 0 amide bonds. The first-order valence-electron chi connectivity index (χ1n) is 6.72. The van der Waals surface area contributed by atoms with Crippen molar-refractivity contribution < 1.29 is 0 Å². The number of aromatic nitrogens is 1. The van der Waals surface area contributed by atoms with Gasteiger partial charge in [0.15, 0.2) is 0 Å². The topological polar surface area (TPSA) is 16.1 Å². The second kappa shape index (κ2) is 5.08. The van der Waals surface area contributed by atoms with Gasteiger partial charge in [0, 0.05) is 30.1 Å². The highest BCUT2D eigenvalue weighted by atomic mass is 35.5. The first-order chi connectivity index (χ1) is 8.40. The molecule has 0 aromatic carbocycles. The van der Waals surface area contributed by atoms with Crippen LogP contribution in [-0.4, -0.2) is 18.1 Å². The fourth-order valence-electron chi connectivity index (χ4n) is 2.34. The normalized spacial score (nSPS) is 20.5. The summed E-state index contributed by atoms with van der Waals surface area (Å²) >= 11 is 6.01. The van der Waals surface area contributed by atoms with Crippen molar-refractivity contribution in [1.29, 1.82) is 0 Å². The molecule has 18 heavy (non-hydrogen) atoms. The molecule has 1 aliphatic rings. The zero-order valence-electron chi connectivity index (χ0n) is 11.8. The monoisotopic (exact) mass is 266 g/mol. The maximum atomic E-state index is 6.01. The lowest BCUT2D eigenvalue weighted by molar-refractivity contribution is 0.567. The highest BCUT2D eigenvalue weighted by Crippen LogP contribution is 2.28. The average Bonchev–Trinajstić information content (AvgIpc) is 2.74. The maximum absolute atomic E-state index is 6.01. The maximum Gasteiger partial charge on any atom is 0.129 e. The van der Waals surface area contributed by atoms with Gasteiger partial charge in [-0.3, -0.25) is 0 Å². The van der Waals surface area contributed by atoms with Crippen LogP contribution < -0.4 is 4.90 Å². The summed E-state index contributed by atoms with van der Waals surface area (Å²) in [7, 11) is 0. The molecular weight excluding hydrogens is 244 g/mol. The van der Waals surface area contributed by atoms with Gasteiger partial charge in [0.05, 0.1) is 0 Å². The molecule has 0 N–H and O–H groups in total. The molecule has 1 aliphatic heterocycles. The number of hydrogen-bond acceptors (Lipinski definition) is 2. The van der Waals surface area contributed by atoms with Gasteiger partial charge in [0.1, 0.15) is 5.82 Å². The summed E-state index contributed by atoms with van der Waals surface area (Å²) in [5, 5.41) is 0. The molecule has 0 spiro atoms. The molecule has 0 aliphatic carbocycles. The van der Waals surface area contributed by atoms with E-state index in [2.05, 4.69) is 44.7 Å². The Morgan fingerprint density at radius 3 is 2.61 bits per heavy atom. The fourth-order valence-corrected chi connectivity index (χ4v) is 2.49. The van der Waals surface area contributed by atoms with Crippen LogP contribution in [0.4, 0.5) is 5.82 Å². The third-order valence-corrected chi connectivity index (χ3v) is 3.85. The highest BCUT2D eigenvalue weighted by Gasteiger charge is 2.23. The molecule has 0 radical (unpaired) electrons. The largest absolute Gasteiger partial charge is 0.356 e. The smallest absolute Gasteiger partial charge is 0.129 e. The lowest BCUT2D eigenvalue weighted by atomic mass is 9.91. The molecule has 2 heterocycles. The molecule has 0 saturated carbocycles. The van der Waals surface area contributed by atoms with E-state index >= 15 is 0 Å². The van der Waals surface area contributed by atoms with Crippen molar-refractivity contribution in [2.75, 3.05) is 18.0 Å². The summed E-state index contributed by atoms with van der Waals surface area (Å²) in [5.41, 5.74) is 2.38. The fraction of sp³-hybridized carbons (Fsp3) is 0.667. The Bertz CT molecular complexity index is 423. The predicted molar refractivity (Wildman–Crippen MR) is 78.5 cm³/mol. The zero-order chi connectivity index (χ0) is 13.3. The molecule has 1 aromatic heterocycles. The SMILES string of the molecule is CC1CCN(c2cc(CCl)cc(C(C)(C)C)n2)C1. The molecule has 1 aromatic rings.